The maximum Gasteiger partial charge on any atom is 0.169 e. The Kier molecular flexibility index (Phi) is 5.04. The molecule has 2 fully saturated rings. The second-order valence-corrected chi connectivity index (χ2v) is 8.39. The highest BCUT2D eigenvalue weighted by molar-refractivity contribution is 9.10. The zero-order chi connectivity index (χ0) is 19.0. The van der Waals surface area contributed by atoms with Gasteiger partial charge in [0.05, 0.1) is 16.8 Å². The van der Waals surface area contributed by atoms with E-state index >= 15 is 0 Å². The number of fused-ring (bicyclic) bond motifs is 1. The van der Waals surface area contributed by atoms with Crippen LogP contribution in [0.2, 0.25) is 0 Å². The number of carboxylic acid groups (broad SMARTS) is 1. The van der Waals surface area contributed by atoms with Crippen molar-refractivity contribution < 1.29 is 14.7 Å². The quantitative estimate of drug-likeness (QED) is 0.709. The zero-order valence-corrected chi connectivity index (χ0v) is 16.4. The summed E-state index contributed by atoms with van der Waals surface area (Å²) in [6.45, 7) is 0. The molecule has 27 heavy (non-hydrogen) atoms. The number of nitrogens with zero attached hydrogens (tertiary/aromatic N) is 1. The third-order valence-corrected chi connectivity index (χ3v) is 5.93. The van der Waals surface area contributed by atoms with Crippen LogP contribution in [0.15, 0.2) is 28.9 Å². The van der Waals surface area contributed by atoms with Gasteiger partial charge in [-0.05, 0) is 56.7 Å². The molecule has 2 aliphatic carbocycles. The maximum absolute atomic E-state index is 12.8. The number of aromatic nitrogens is 1. The van der Waals surface area contributed by atoms with Gasteiger partial charge >= 0.3 is 0 Å². The van der Waals surface area contributed by atoms with Gasteiger partial charge in [-0.2, -0.15) is 0 Å². The van der Waals surface area contributed by atoms with Gasteiger partial charge in [-0.15, -0.1) is 0 Å². The zero-order valence-electron chi connectivity index (χ0n) is 14.8. The van der Waals surface area contributed by atoms with E-state index < -0.39 is 6.09 Å². The highest BCUT2D eigenvalue weighted by atomic mass is 79.9. The maximum atomic E-state index is 12.8. The highest BCUT2D eigenvalue weighted by Crippen LogP contribution is 2.38. The summed E-state index contributed by atoms with van der Waals surface area (Å²) < 4.78 is 0.942. The number of nitrogens with one attached hydrogen (secondary N) is 2. The third-order valence-electron chi connectivity index (χ3n) is 5.44. The summed E-state index contributed by atoms with van der Waals surface area (Å²) in [5.74, 6) is 0.291. The lowest BCUT2D eigenvalue weighted by atomic mass is 9.90. The van der Waals surface area contributed by atoms with Gasteiger partial charge in [0.2, 0.25) is 0 Å². The summed E-state index contributed by atoms with van der Waals surface area (Å²) in [4.78, 5) is 28.0. The number of carbonyl (C=O) groups is 2. The number of hydrogen-bond acceptors (Lipinski definition) is 5. The Morgan fingerprint density at radius 1 is 1.07 bits per heavy atom. The molecule has 0 saturated heterocycles. The highest BCUT2D eigenvalue weighted by Gasteiger charge is 2.33. The van der Waals surface area contributed by atoms with Gasteiger partial charge < -0.3 is 20.5 Å². The predicted molar refractivity (Wildman–Crippen MR) is 105 cm³/mol. The molecule has 1 aromatic heterocycles. The molecule has 1 aromatic carbocycles. The lowest BCUT2D eigenvalue weighted by Gasteiger charge is -2.31. The van der Waals surface area contributed by atoms with E-state index in [0.717, 1.165) is 59.6 Å². The van der Waals surface area contributed by atoms with Gasteiger partial charge in [0.15, 0.2) is 5.78 Å². The van der Waals surface area contributed by atoms with Crippen LogP contribution in [0.25, 0.3) is 10.9 Å². The Bertz CT molecular complexity index is 889. The third kappa shape index (κ3) is 4.08. The van der Waals surface area contributed by atoms with Gasteiger partial charge in [0, 0.05) is 34.1 Å². The number of carbonyl (C=O) groups excluding carboxylic acids is 2. The minimum Gasteiger partial charge on any atom is -0.530 e. The normalized spacial score (nSPS) is 22.4. The lowest BCUT2D eigenvalue weighted by Crippen LogP contribution is -2.45. The molecule has 6 nitrogen and oxygen atoms in total. The van der Waals surface area contributed by atoms with Crippen LogP contribution in [0, 0.1) is 5.92 Å². The second kappa shape index (κ2) is 7.46. The van der Waals surface area contributed by atoms with Gasteiger partial charge in [0.1, 0.15) is 6.09 Å². The van der Waals surface area contributed by atoms with Crippen LogP contribution in [0.5, 0.6) is 0 Å². The van der Waals surface area contributed by atoms with Crippen LogP contribution in [0.4, 0.5) is 10.5 Å². The molecule has 0 aliphatic heterocycles. The SMILES string of the molecule is O=C([O-])NC1CCC(Nc2c(C(=O)C3CC3)cnc3ccc(Br)cc23)CC1. The molecule has 2 aromatic rings. The fraction of sp³-hybridized carbons (Fsp3) is 0.450. The molecule has 2 saturated carbocycles. The standard InChI is InChI=1S/C20H22BrN3O3/c21-12-3-8-17-15(9-12)18(16(10-22-17)19(25)11-1-2-11)23-13-4-6-14(7-5-13)24-20(26)27/h3,8-11,13-14,24H,1-2,4-7H2,(H,22,23)(H,26,27)/p-1. The van der Waals surface area contributed by atoms with Crippen LogP contribution in [0.1, 0.15) is 48.9 Å². The molecule has 1 amide bonds. The molecular weight excluding hydrogens is 410 g/mol. The van der Waals surface area contributed by atoms with Gasteiger partial charge in [0.25, 0.3) is 0 Å². The Hall–Kier alpha value is -2.15. The summed E-state index contributed by atoms with van der Waals surface area (Å²) in [6, 6.07) is 6.02. The Morgan fingerprint density at radius 2 is 1.78 bits per heavy atom. The van der Waals surface area contributed by atoms with E-state index in [-0.39, 0.29) is 23.8 Å². The number of rotatable bonds is 5. The number of anilines is 1. The van der Waals surface area contributed by atoms with Crippen molar-refractivity contribution in [3.63, 3.8) is 0 Å². The van der Waals surface area contributed by atoms with E-state index in [2.05, 4.69) is 31.5 Å². The molecule has 142 valence electrons. The monoisotopic (exact) mass is 430 g/mol. The number of halogens is 1. The first-order valence-corrected chi connectivity index (χ1v) is 10.2. The molecule has 0 radical (unpaired) electrons. The Labute approximate surface area is 165 Å². The van der Waals surface area contributed by atoms with Crippen molar-refractivity contribution in [2.45, 2.75) is 50.6 Å². The predicted octanol–water partition coefficient (Wildman–Crippen LogP) is 3.25. The first kappa shape index (κ1) is 18.2. The number of benzene rings is 1. The lowest BCUT2D eigenvalue weighted by molar-refractivity contribution is -0.251. The fourth-order valence-electron chi connectivity index (χ4n) is 3.83. The van der Waals surface area contributed by atoms with Crippen molar-refractivity contribution in [2.24, 2.45) is 5.92 Å². The molecule has 0 spiro atoms. The summed E-state index contributed by atoms with van der Waals surface area (Å²) in [6.07, 6.45) is 5.56. The molecule has 0 atom stereocenters. The minimum absolute atomic E-state index is 0.0519. The van der Waals surface area contributed by atoms with Crippen molar-refractivity contribution in [3.8, 4) is 0 Å². The molecule has 0 unspecified atom stereocenters. The molecule has 4 rings (SSSR count). The molecule has 1 heterocycles. The number of Topliss-reactive ketones (excluding diaryl/α,β-unsaturated/α-hetero) is 1. The van der Waals surface area contributed by atoms with E-state index in [1.165, 1.54) is 0 Å². The van der Waals surface area contributed by atoms with Crippen LogP contribution in [-0.4, -0.2) is 28.9 Å². The van der Waals surface area contributed by atoms with Crippen molar-refractivity contribution in [1.29, 1.82) is 0 Å². The van der Waals surface area contributed by atoms with E-state index in [0.29, 0.717) is 5.56 Å². The van der Waals surface area contributed by atoms with E-state index in [4.69, 9.17) is 0 Å². The van der Waals surface area contributed by atoms with Gasteiger partial charge in [-0.1, -0.05) is 15.9 Å². The topological polar surface area (TPSA) is 94.1 Å². The molecule has 2 N–H and O–H groups in total. The summed E-state index contributed by atoms with van der Waals surface area (Å²) in [5.41, 5.74) is 2.37. The van der Waals surface area contributed by atoms with Crippen molar-refractivity contribution >= 4 is 44.4 Å². The van der Waals surface area contributed by atoms with Gasteiger partial charge in [-0.3, -0.25) is 9.78 Å². The fourth-order valence-corrected chi connectivity index (χ4v) is 4.19. The van der Waals surface area contributed by atoms with E-state index in [1.54, 1.807) is 6.20 Å². The molecular formula is C20H21BrN3O3-. The second-order valence-electron chi connectivity index (χ2n) is 7.47. The average Bonchev–Trinajstić information content (AvgIpc) is 3.48. The number of pyridine rings is 1. The summed E-state index contributed by atoms with van der Waals surface area (Å²) in [7, 11) is 0. The van der Waals surface area contributed by atoms with Crippen LogP contribution in [0.3, 0.4) is 0 Å². The largest absolute Gasteiger partial charge is 0.530 e. The average molecular weight is 431 g/mol. The number of amides is 1. The van der Waals surface area contributed by atoms with Crippen molar-refractivity contribution in [1.82, 2.24) is 10.3 Å². The summed E-state index contributed by atoms with van der Waals surface area (Å²) in [5, 5.41) is 17.7. The van der Waals surface area contributed by atoms with Gasteiger partial charge in [-0.25, -0.2) is 0 Å². The molecule has 7 heteroatoms. The smallest absolute Gasteiger partial charge is 0.169 e. The number of hydrogen-bond donors (Lipinski definition) is 2. The Morgan fingerprint density at radius 3 is 2.44 bits per heavy atom. The summed E-state index contributed by atoms with van der Waals surface area (Å²) >= 11 is 3.52. The van der Waals surface area contributed by atoms with E-state index in [1.807, 2.05) is 18.2 Å². The first-order valence-electron chi connectivity index (χ1n) is 9.38. The van der Waals surface area contributed by atoms with Crippen LogP contribution >= 0.6 is 15.9 Å². The van der Waals surface area contributed by atoms with Crippen molar-refractivity contribution in [2.75, 3.05) is 5.32 Å². The van der Waals surface area contributed by atoms with Crippen LogP contribution < -0.4 is 15.7 Å². The molecule has 0 bridgehead atoms. The van der Waals surface area contributed by atoms with E-state index in [9.17, 15) is 14.7 Å². The number of ketones is 1. The minimum atomic E-state index is -1.21. The Balaban J connectivity index is 1.61. The molecule has 2 aliphatic rings. The van der Waals surface area contributed by atoms with Crippen molar-refractivity contribution in [3.05, 3.63) is 34.4 Å². The first-order chi connectivity index (χ1) is 13.0. The van der Waals surface area contributed by atoms with Crippen LogP contribution in [-0.2, 0) is 0 Å².